The molecule has 4 aromatic rings. The van der Waals surface area contributed by atoms with Gasteiger partial charge in [-0.05, 0) is 54.6 Å². The summed E-state index contributed by atoms with van der Waals surface area (Å²) in [6.45, 7) is 1.74. The minimum absolute atomic E-state index is 0.202. The third kappa shape index (κ3) is 5.46. The molecule has 7 heteroatoms. The number of para-hydroxylation sites is 1. The zero-order valence-corrected chi connectivity index (χ0v) is 18.3. The summed E-state index contributed by atoms with van der Waals surface area (Å²) < 4.78 is 11.1. The van der Waals surface area contributed by atoms with Crippen LogP contribution < -0.4 is 20.1 Å². The van der Waals surface area contributed by atoms with Crippen molar-refractivity contribution in [2.45, 2.75) is 13.5 Å². The van der Waals surface area contributed by atoms with E-state index in [9.17, 15) is 9.59 Å². The molecule has 0 aliphatic rings. The molecule has 1 aromatic heterocycles. The van der Waals surface area contributed by atoms with E-state index >= 15 is 0 Å². The second kappa shape index (κ2) is 9.82. The Morgan fingerprint density at radius 2 is 1.70 bits per heavy atom. The molecular formula is C26H23N3O4. The molecule has 0 bridgehead atoms. The summed E-state index contributed by atoms with van der Waals surface area (Å²) in [6, 6.07) is 23.7. The van der Waals surface area contributed by atoms with Crippen LogP contribution >= 0.6 is 0 Å². The van der Waals surface area contributed by atoms with Crippen molar-refractivity contribution in [2.24, 2.45) is 0 Å². The maximum absolute atomic E-state index is 12.7. The first-order valence-electron chi connectivity index (χ1n) is 10.4. The van der Waals surface area contributed by atoms with Crippen molar-refractivity contribution in [1.82, 2.24) is 4.98 Å². The molecule has 0 atom stereocenters. The Morgan fingerprint density at radius 1 is 0.909 bits per heavy atom. The number of carbonyl (C=O) groups is 2. The van der Waals surface area contributed by atoms with E-state index in [1.165, 1.54) is 14.0 Å². The molecule has 7 nitrogen and oxygen atoms in total. The minimum atomic E-state index is -0.309. The van der Waals surface area contributed by atoms with Crippen LogP contribution in [0.5, 0.6) is 11.5 Å². The fourth-order valence-electron chi connectivity index (χ4n) is 3.33. The van der Waals surface area contributed by atoms with Crippen molar-refractivity contribution < 1.29 is 19.1 Å². The SMILES string of the molecule is COc1ccc(NC(C)=O)cc1NC(=O)c1ccc(OCc2ccc3ccccc3n2)cc1. The molecule has 0 aliphatic heterocycles. The Labute approximate surface area is 191 Å². The van der Waals surface area contributed by atoms with Crippen LogP contribution in [0.2, 0.25) is 0 Å². The van der Waals surface area contributed by atoms with Gasteiger partial charge >= 0.3 is 0 Å². The molecule has 1 heterocycles. The van der Waals surface area contributed by atoms with Crippen LogP contribution in [-0.2, 0) is 11.4 Å². The molecule has 0 aliphatic carbocycles. The molecule has 166 valence electrons. The average molecular weight is 441 g/mol. The predicted molar refractivity (Wildman–Crippen MR) is 128 cm³/mol. The Kier molecular flexibility index (Phi) is 6.50. The number of ether oxygens (including phenoxy) is 2. The number of benzene rings is 3. The lowest BCUT2D eigenvalue weighted by Crippen LogP contribution is -2.13. The van der Waals surface area contributed by atoms with Gasteiger partial charge in [0.2, 0.25) is 5.91 Å². The quantitative estimate of drug-likeness (QED) is 0.420. The fourth-order valence-corrected chi connectivity index (χ4v) is 3.33. The molecule has 0 unspecified atom stereocenters. The Bertz CT molecular complexity index is 1300. The van der Waals surface area contributed by atoms with Crippen LogP contribution in [0.1, 0.15) is 23.0 Å². The van der Waals surface area contributed by atoms with Gasteiger partial charge in [-0.3, -0.25) is 9.59 Å². The Balaban J connectivity index is 1.41. The highest BCUT2D eigenvalue weighted by molar-refractivity contribution is 6.05. The first-order valence-corrected chi connectivity index (χ1v) is 10.4. The number of hydrogen-bond acceptors (Lipinski definition) is 5. The summed E-state index contributed by atoms with van der Waals surface area (Å²) in [5.74, 6) is 0.606. The number of anilines is 2. The predicted octanol–water partition coefficient (Wildman–Crippen LogP) is 5.03. The molecule has 4 rings (SSSR count). The third-order valence-electron chi connectivity index (χ3n) is 4.93. The summed E-state index contributed by atoms with van der Waals surface area (Å²) in [4.78, 5) is 28.6. The molecule has 2 amide bonds. The number of fused-ring (bicyclic) bond motifs is 1. The van der Waals surface area contributed by atoms with Gasteiger partial charge in [0.05, 0.1) is 24.0 Å². The maximum atomic E-state index is 12.7. The van der Waals surface area contributed by atoms with Crippen LogP contribution in [0.25, 0.3) is 10.9 Å². The van der Waals surface area contributed by atoms with Crippen molar-refractivity contribution >= 4 is 34.1 Å². The van der Waals surface area contributed by atoms with Gasteiger partial charge in [0.1, 0.15) is 18.1 Å². The summed E-state index contributed by atoms with van der Waals surface area (Å²) in [6.07, 6.45) is 0. The molecule has 0 spiro atoms. The second-order valence-electron chi connectivity index (χ2n) is 7.36. The van der Waals surface area contributed by atoms with E-state index in [1.807, 2.05) is 36.4 Å². The van der Waals surface area contributed by atoms with Crippen molar-refractivity contribution in [3.8, 4) is 11.5 Å². The Morgan fingerprint density at radius 3 is 2.45 bits per heavy atom. The number of hydrogen-bond donors (Lipinski definition) is 2. The molecule has 0 radical (unpaired) electrons. The number of methoxy groups -OCH3 is 1. The number of carbonyl (C=O) groups excluding carboxylic acids is 2. The van der Waals surface area contributed by atoms with E-state index in [0.717, 1.165) is 16.6 Å². The number of amides is 2. The summed E-state index contributed by atoms with van der Waals surface area (Å²) in [5.41, 5.74) is 3.21. The molecule has 2 N–H and O–H groups in total. The summed E-state index contributed by atoms with van der Waals surface area (Å²) in [5, 5.41) is 6.59. The zero-order valence-electron chi connectivity index (χ0n) is 18.3. The van der Waals surface area contributed by atoms with Gasteiger partial charge in [-0.25, -0.2) is 4.98 Å². The standard InChI is InChI=1S/C26H23N3O4/c1-17(30)27-20-11-14-25(32-2)24(15-20)29-26(31)19-8-12-22(13-9-19)33-16-21-10-7-18-5-3-4-6-23(18)28-21/h3-15H,16H2,1-2H3,(H,27,30)(H,29,31). The van der Waals surface area contributed by atoms with E-state index in [0.29, 0.717) is 35.0 Å². The normalized spacial score (nSPS) is 10.5. The first kappa shape index (κ1) is 21.8. The van der Waals surface area contributed by atoms with Gasteiger partial charge in [0.15, 0.2) is 0 Å². The second-order valence-corrected chi connectivity index (χ2v) is 7.36. The lowest BCUT2D eigenvalue weighted by atomic mass is 10.2. The number of nitrogens with one attached hydrogen (secondary N) is 2. The summed E-state index contributed by atoms with van der Waals surface area (Å²) >= 11 is 0. The topological polar surface area (TPSA) is 89.6 Å². The van der Waals surface area contributed by atoms with Crippen molar-refractivity contribution in [3.63, 3.8) is 0 Å². The molecular weight excluding hydrogens is 418 g/mol. The van der Waals surface area contributed by atoms with E-state index in [-0.39, 0.29) is 11.8 Å². The van der Waals surface area contributed by atoms with E-state index in [4.69, 9.17) is 9.47 Å². The smallest absolute Gasteiger partial charge is 0.255 e. The van der Waals surface area contributed by atoms with Gasteiger partial charge in [-0.2, -0.15) is 0 Å². The van der Waals surface area contributed by atoms with E-state index in [1.54, 1.807) is 42.5 Å². The Hall–Kier alpha value is -4.39. The highest BCUT2D eigenvalue weighted by Crippen LogP contribution is 2.28. The van der Waals surface area contributed by atoms with Gasteiger partial charge in [0, 0.05) is 23.6 Å². The highest BCUT2D eigenvalue weighted by Gasteiger charge is 2.12. The largest absolute Gasteiger partial charge is 0.495 e. The lowest BCUT2D eigenvalue weighted by Gasteiger charge is -2.13. The van der Waals surface area contributed by atoms with E-state index in [2.05, 4.69) is 15.6 Å². The lowest BCUT2D eigenvalue weighted by molar-refractivity contribution is -0.114. The maximum Gasteiger partial charge on any atom is 0.255 e. The number of rotatable bonds is 7. The van der Waals surface area contributed by atoms with Crippen molar-refractivity contribution in [1.29, 1.82) is 0 Å². The fraction of sp³-hybridized carbons (Fsp3) is 0.115. The molecule has 33 heavy (non-hydrogen) atoms. The zero-order chi connectivity index (χ0) is 23.2. The first-order chi connectivity index (χ1) is 16.0. The van der Waals surface area contributed by atoms with Gasteiger partial charge in [0.25, 0.3) is 5.91 Å². The van der Waals surface area contributed by atoms with Crippen LogP contribution in [0, 0.1) is 0 Å². The molecule has 0 saturated carbocycles. The monoisotopic (exact) mass is 441 g/mol. The molecule has 3 aromatic carbocycles. The van der Waals surface area contributed by atoms with Crippen LogP contribution in [0.3, 0.4) is 0 Å². The van der Waals surface area contributed by atoms with Crippen molar-refractivity contribution in [3.05, 3.63) is 90.1 Å². The third-order valence-corrected chi connectivity index (χ3v) is 4.93. The van der Waals surface area contributed by atoms with E-state index < -0.39 is 0 Å². The number of aromatic nitrogens is 1. The van der Waals surface area contributed by atoms with Gasteiger partial charge in [-0.15, -0.1) is 0 Å². The molecule has 0 fully saturated rings. The minimum Gasteiger partial charge on any atom is -0.495 e. The number of nitrogens with zero attached hydrogens (tertiary/aromatic N) is 1. The number of pyridine rings is 1. The molecule has 0 saturated heterocycles. The average Bonchev–Trinajstić information content (AvgIpc) is 2.83. The highest BCUT2D eigenvalue weighted by atomic mass is 16.5. The van der Waals surface area contributed by atoms with Crippen LogP contribution in [0.4, 0.5) is 11.4 Å². The van der Waals surface area contributed by atoms with Crippen LogP contribution in [-0.4, -0.2) is 23.9 Å². The van der Waals surface area contributed by atoms with Crippen molar-refractivity contribution in [2.75, 3.05) is 17.7 Å². The van der Waals surface area contributed by atoms with Crippen LogP contribution in [0.15, 0.2) is 78.9 Å². The van der Waals surface area contributed by atoms with Gasteiger partial charge < -0.3 is 20.1 Å². The summed E-state index contributed by atoms with van der Waals surface area (Å²) in [7, 11) is 1.51. The van der Waals surface area contributed by atoms with Gasteiger partial charge in [-0.1, -0.05) is 24.3 Å².